The number of nitro benzene ring substituents is 1. The maximum absolute atomic E-state index is 13.6. The number of anilines is 1. The molecule has 0 saturated carbocycles. The number of aliphatic hydroxyl groups is 1. The number of esters is 1. The Morgan fingerprint density at radius 3 is 2.30 bits per heavy atom. The van der Waals surface area contributed by atoms with Crippen LogP contribution in [0, 0.1) is 17.0 Å². The number of aryl methyl sites for hydroxylation is 1. The lowest BCUT2D eigenvalue weighted by Gasteiger charge is -2.13. The predicted octanol–water partition coefficient (Wildman–Crippen LogP) is 4.37. The zero-order chi connectivity index (χ0) is 29.8. The lowest BCUT2D eigenvalue weighted by molar-refractivity contribution is -0.554. The van der Waals surface area contributed by atoms with E-state index in [4.69, 9.17) is 16.3 Å². The molecule has 14 heteroatoms. The van der Waals surface area contributed by atoms with Gasteiger partial charge in [0.15, 0.2) is 5.57 Å². The molecule has 2 aromatic carbocycles. The monoisotopic (exact) mass is 605 g/mol. The summed E-state index contributed by atoms with van der Waals surface area (Å²) >= 11 is 10.4. The van der Waals surface area contributed by atoms with Crippen molar-refractivity contribution in [3.05, 3.63) is 92.8 Å². The predicted molar refractivity (Wildman–Crippen MR) is 154 cm³/mol. The summed E-state index contributed by atoms with van der Waals surface area (Å²) in [6.07, 6.45) is 2.92. The number of non-ortho nitro benzene ring substituents is 1. The molecule has 1 aromatic heterocycles. The van der Waals surface area contributed by atoms with Crippen molar-refractivity contribution in [2.75, 3.05) is 25.6 Å². The van der Waals surface area contributed by atoms with Crippen LogP contribution >= 0.6 is 24.2 Å². The molecule has 11 nitrogen and oxygen atoms in total. The quantitative estimate of drug-likeness (QED) is 0.0443. The van der Waals surface area contributed by atoms with Crippen LogP contribution < -0.4 is 9.47 Å². The number of rotatable bonds is 8. The van der Waals surface area contributed by atoms with Crippen molar-refractivity contribution in [1.82, 2.24) is 0 Å². The zero-order valence-electron chi connectivity index (χ0n) is 21.9. The molecule has 3 aromatic rings. The van der Waals surface area contributed by atoms with Gasteiger partial charge in [-0.15, -0.1) is 12.6 Å². The first-order valence-corrected chi connectivity index (χ1v) is 13.9. The Kier molecular flexibility index (Phi) is 9.56. The Bertz CT molecular complexity index is 1620. The van der Waals surface area contributed by atoms with E-state index in [-0.39, 0.29) is 27.6 Å². The molecule has 0 atom stereocenters. The number of benzene rings is 2. The minimum Gasteiger partial charge on any atom is -0.506 e. The number of pyridine rings is 1. The van der Waals surface area contributed by atoms with Gasteiger partial charge >= 0.3 is 21.8 Å². The van der Waals surface area contributed by atoms with E-state index >= 15 is 0 Å². The van der Waals surface area contributed by atoms with Crippen molar-refractivity contribution in [2.45, 2.75) is 23.6 Å². The third kappa shape index (κ3) is 6.79. The summed E-state index contributed by atoms with van der Waals surface area (Å²) in [7, 11) is -0.940. The van der Waals surface area contributed by atoms with Crippen LogP contribution in [0.4, 0.5) is 11.4 Å². The van der Waals surface area contributed by atoms with Gasteiger partial charge in [0, 0.05) is 59.5 Å². The van der Waals surface area contributed by atoms with Crippen molar-refractivity contribution in [2.24, 2.45) is 4.40 Å². The second kappa shape index (κ2) is 12.5. The molecule has 0 saturated heterocycles. The second-order valence-electron chi connectivity index (χ2n) is 8.57. The van der Waals surface area contributed by atoms with Crippen LogP contribution in [0.1, 0.15) is 18.1 Å². The molecule has 0 bridgehead atoms. The van der Waals surface area contributed by atoms with Crippen molar-refractivity contribution in [3.63, 3.8) is 0 Å². The van der Waals surface area contributed by atoms with Gasteiger partial charge in [0.1, 0.15) is 10.7 Å². The molecule has 1 heterocycles. The highest BCUT2D eigenvalue weighted by Crippen LogP contribution is 2.29. The molecule has 1 N–H and O–H groups in total. The second-order valence-corrected chi connectivity index (χ2v) is 11.0. The number of nitrogens with zero attached hydrogens (tertiary/aromatic N) is 4. The summed E-state index contributed by atoms with van der Waals surface area (Å²) in [6, 6.07) is 10.6. The smallest absolute Gasteiger partial charge is 0.371 e. The van der Waals surface area contributed by atoms with Gasteiger partial charge in [0.25, 0.3) is 5.69 Å². The van der Waals surface area contributed by atoms with E-state index in [0.29, 0.717) is 10.6 Å². The minimum atomic E-state index is -4.55. The molecule has 0 unspecified atom stereocenters. The standard InChI is InChI=1S/C26H25ClN4O7S2/c1-5-38-26(33)23(24(32)17-6-8-19(9-7-17)31(34)35)25(30-12-10-18(11-13-30)29(3)4)28-40(36,37)22-14-16(2)20(27)15-21(22)39/h6-15H,5H2,1-4H3,(H-,28,32,33,39)/p+1. The number of aromatic nitrogens is 1. The van der Waals surface area contributed by atoms with Crippen LogP contribution in [0.15, 0.2) is 80.7 Å². The number of sulfonamides is 1. The van der Waals surface area contributed by atoms with Crippen LogP contribution in [0.2, 0.25) is 5.02 Å². The number of aliphatic hydroxyl groups excluding tert-OH is 1. The van der Waals surface area contributed by atoms with Crippen LogP contribution in [-0.4, -0.2) is 51.0 Å². The number of hydrogen-bond acceptors (Lipinski definition) is 9. The van der Waals surface area contributed by atoms with Gasteiger partial charge in [-0.1, -0.05) is 11.6 Å². The highest BCUT2D eigenvalue weighted by molar-refractivity contribution is 7.91. The van der Waals surface area contributed by atoms with E-state index in [2.05, 4.69) is 17.0 Å². The molecule has 3 rings (SSSR count). The summed E-state index contributed by atoms with van der Waals surface area (Å²) in [6.45, 7) is 3.05. The van der Waals surface area contributed by atoms with Crippen LogP contribution in [-0.2, 0) is 19.6 Å². The maximum Gasteiger partial charge on any atom is 0.371 e. The first kappa shape index (κ1) is 30.6. The fourth-order valence-corrected chi connectivity index (χ4v) is 5.42. The Morgan fingerprint density at radius 2 is 1.77 bits per heavy atom. The van der Waals surface area contributed by atoms with Crippen LogP contribution in [0.25, 0.3) is 5.76 Å². The summed E-state index contributed by atoms with van der Waals surface area (Å²) < 4.78 is 37.6. The molecular weight excluding hydrogens is 580 g/mol. The average molecular weight is 606 g/mol. The lowest BCUT2D eigenvalue weighted by Crippen LogP contribution is -2.46. The van der Waals surface area contributed by atoms with Crippen molar-refractivity contribution in [3.8, 4) is 0 Å². The molecule has 0 aliphatic heterocycles. The van der Waals surface area contributed by atoms with Crippen molar-refractivity contribution in [1.29, 1.82) is 0 Å². The maximum atomic E-state index is 13.6. The first-order chi connectivity index (χ1) is 18.8. The lowest BCUT2D eigenvalue weighted by atomic mass is 10.1. The van der Waals surface area contributed by atoms with Crippen LogP contribution in [0.5, 0.6) is 0 Å². The number of nitro groups is 1. The third-order valence-electron chi connectivity index (χ3n) is 5.59. The summed E-state index contributed by atoms with van der Waals surface area (Å²) in [5.74, 6) is -2.26. The number of hydrogen-bond donors (Lipinski definition) is 2. The average Bonchev–Trinajstić information content (AvgIpc) is 2.90. The highest BCUT2D eigenvalue weighted by atomic mass is 35.5. The third-order valence-corrected chi connectivity index (χ3v) is 7.82. The Balaban J connectivity index is 2.38. The summed E-state index contributed by atoms with van der Waals surface area (Å²) in [5, 5.41) is 22.7. The Labute approximate surface area is 241 Å². The summed E-state index contributed by atoms with van der Waals surface area (Å²) in [4.78, 5) is 25.2. The molecule has 40 heavy (non-hydrogen) atoms. The minimum absolute atomic E-state index is 0.0125. The van der Waals surface area contributed by atoms with Gasteiger partial charge < -0.3 is 14.7 Å². The van der Waals surface area contributed by atoms with Gasteiger partial charge in [-0.3, -0.25) is 10.1 Å². The van der Waals surface area contributed by atoms with Gasteiger partial charge in [-0.05, 0) is 43.7 Å². The zero-order valence-corrected chi connectivity index (χ0v) is 24.4. The van der Waals surface area contributed by atoms with Gasteiger partial charge in [0.2, 0.25) is 0 Å². The molecule has 0 spiro atoms. The largest absolute Gasteiger partial charge is 0.506 e. The van der Waals surface area contributed by atoms with E-state index in [1.807, 2.05) is 0 Å². The number of halogens is 1. The number of thiol groups is 1. The van der Waals surface area contributed by atoms with Gasteiger partial charge in [-0.2, -0.15) is 8.42 Å². The van der Waals surface area contributed by atoms with E-state index in [0.717, 1.165) is 17.8 Å². The fourth-order valence-electron chi connectivity index (χ4n) is 3.48. The fraction of sp³-hybridized carbons (Fsp3) is 0.192. The number of carbonyl (C=O) groups is 1. The van der Waals surface area contributed by atoms with Crippen molar-refractivity contribution >= 4 is 63.2 Å². The molecule has 0 aliphatic carbocycles. The number of carbonyl (C=O) groups excluding carboxylic acids is 1. The van der Waals surface area contributed by atoms with E-state index in [9.17, 15) is 28.4 Å². The Morgan fingerprint density at radius 1 is 1.18 bits per heavy atom. The van der Waals surface area contributed by atoms with E-state index in [1.165, 1.54) is 48.1 Å². The SMILES string of the molecule is CCOC(=O)C(C(=NS(=O)(=O)c1cc(C)c(Cl)cc1S)[n+]1ccc(N(C)C)cc1)=C(O)c1ccc([N+](=O)[O-])cc1. The number of ether oxygens (including phenoxy) is 1. The highest BCUT2D eigenvalue weighted by Gasteiger charge is 2.36. The molecular formula is C26H26ClN4O7S2+. The van der Waals surface area contributed by atoms with Gasteiger partial charge in [-0.25, -0.2) is 9.36 Å². The van der Waals surface area contributed by atoms with E-state index < -0.39 is 38.1 Å². The first-order valence-electron chi connectivity index (χ1n) is 11.7. The molecule has 0 radical (unpaired) electrons. The molecule has 0 fully saturated rings. The normalized spacial score (nSPS) is 12.5. The van der Waals surface area contributed by atoms with Gasteiger partial charge in [0.05, 0.1) is 28.3 Å². The molecule has 0 amide bonds. The summed E-state index contributed by atoms with van der Waals surface area (Å²) in [5.41, 5.74) is 0.354. The molecule has 0 aliphatic rings. The Hall–Kier alpha value is -3.94. The van der Waals surface area contributed by atoms with Crippen molar-refractivity contribution < 1.29 is 32.5 Å². The van der Waals surface area contributed by atoms with E-state index in [1.54, 1.807) is 38.1 Å². The topological polar surface area (TPSA) is 143 Å². The van der Waals surface area contributed by atoms with Crippen LogP contribution in [0.3, 0.4) is 0 Å². The molecule has 210 valence electrons.